The van der Waals surface area contributed by atoms with E-state index in [4.69, 9.17) is 0 Å². The number of hydrogen-bond donors (Lipinski definition) is 1. The summed E-state index contributed by atoms with van der Waals surface area (Å²) in [6.45, 7) is 3.88. The van der Waals surface area contributed by atoms with Crippen molar-refractivity contribution in [2.45, 2.75) is 19.8 Å². The molecule has 0 saturated heterocycles. The molecule has 3 nitrogen and oxygen atoms in total. The number of aromatic hydroxyl groups is 1. The first kappa shape index (κ1) is 12.6. The number of benzene rings is 2. The van der Waals surface area contributed by atoms with Gasteiger partial charge in [-0.15, -0.1) is 0 Å². The number of carbonyl (C=O) groups is 2. The Labute approximate surface area is 116 Å². The highest BCUT2D eigenvalue weighted by Crippen LogP contribution is 2.35. The first-order valence-corrected chi connectivity index (χ1v) is 6.56. The van der Waals surface area contributed by atoms with Crippen molar-refractivity contribution < 1.29 is 14.7 Å². The maximum absolute atomic E-state index is 12.7. The Morgan fingerprint density at radius 2 is 1.50 bits per heavy atom. The molecule has 3 heteroatoms. The van der Waals surface area contributed by atoms with Gasteiger partial charge in [-0.25, -0.2) is 0 Å². The van der Waals surface area contributed by atoms with Gasteiger partial charge in [-0.2, -0.15) is 0 Å². The van der Waals surface area contributed by atoms with Crippen LogP contribution in [0.4, 0.5) is 0 Å². The van der Waals surface area contributed by atoms with Crippen molar-refractivity contribution in [2.24, 2.45) is 0 Å². The Bertz CT molecular complexity index is 742. The second-order valence-electron chi connectivity index (χ2n) is 5.32. The lowest BCUT2D eigenvalue weighted by Crippen LogP contribution is -2.22. The van der Waals surface area contributed by atoms with E-state index in [0.717, 1.165) is 0 Å². The van der Waals surface area contributed by atoms with E-state index in [1.807, 2.05) is 13.8 Å². The SMILES string of the molecule is CC(C)c1cc(O)cc2c1C(=O)c1ccccc1C2=O. The van der Waals surface area contributed by atoms with Gasteiger partial charge in [-0.1, -0.05) is 38.1 Å². The average molecular weight is 266 g/mol. The summed E-state index contributed by atoms with van der Waals surface area (Å²) in [7, 11) is 0. The van der Waals surface area contributed by atoms with E-state index < -0.39 is 0 Å². The lowest BCUT2D eigenvalue weighted by molar-refractivity contribution is 0.0978. The summed E-state index contributed by atoms with van der Waals surface area (Å²) in [6, 6.07) is 9.78. The molecule has 1 N–H and O–H groups in total. The van der Waals surface area contributed by atoms with Gasteiger partial charge in [0.1, 0.15) is 5.75 Å². The summed E-state index contributed by atoms with van der Waals surface area (Å²) in [5.74, 6) is -0.266. The summed E-state index contributed by atoms with van der Waals surface area (Å²) in [5, 5.41) is 9.81. The van der Waals surface area contributed by atoms with Crippen molar-refractivity contribution >= 4 is 11.6 Å². The second kappa shape index (κ2) is 4.30. The predicted octanol–water partition coefficient (Wildman–Crippen LogP) is 3.29. The molecule has 0 heterocycles. The summed E-state index contributed by atoms with van der Waals surface area (Å²) >= 11 is 0. The molecule has 0 atom stereocenters. The van der Waals surface area contributed by atoms with Gasteiger partial charge in [0, 0.05) is 22.3 Å². The van der Waals surface area contributed by atoms with Gasteiger partial charge in [0.25, 0.3) is 0 Å². The van der Waals surface area contributed by atoms with Crippen LogP contribution in [0.25, 0.3) is 0 Å². The zero-order valence-corrected chi connectivity index (χ0v) is 11.3. The molecule has 20 heavy (non-hydrogen) atoms. The first-order chi connectivity index (χ1) is 9.50. The molecule has 0 aliphatic heterocycles. The third kappa shape index (κ3) is 1.67. The number of hydrogen-bond acceptors (Lipinski definition) is 3. The van der Waals surface area contributed by atoms with Crippen LogP contribution in [0, 0.1) is 0 Å². The van der Waals surface area contributed by atoms with Crippen molar-refractivity contribution in [1.29, 1.82) is 0 Å². The molecule has 0 spiro atoms. The minimum Gasteiger partial charge on any atom is -0.508 e. The summed E-state index contributed by atoms with van der Waals surface area (Å²) in [6.07, 6.45) is 0. The van der Waals surface area contributed by atoms with Crippen LogP contribution in [-0.4, -0.2) is 16.7 Å². The molecular weight excluding hydrogens is 252 g/mol. The summed E-state index contributed by atoms with van der Waals surface area (Å²) in [4.78, 5) is 25.2. The summed E-state index contributed by atoms with van der Waals surface area (Å²) < 4.78 is 0. The molecule has 0 amide bonds. The van der Waals surface area contributed by atoms with Gasteiger partial charge >= 0.3 is 0 Å². The smallest absolute Gasteiger partial charge is 0.194 e. The molecule has 3 rings (SSSR count). The Kier molecular flexibility index (Phi) is 2.71. The number of fused-ring (bicyclic) bond motifs is 2. The van der Waals surface area contributed by atoms with Crippen molar-refractivity contribution in [3.8, 4) is 5.75 Å². The third-order valence-electron chi connectivity index (χ3n) is 3.66. The van der Waals surface area contributed by atoms with Crippen molar-refractivity contribution in [3.05, 3.63) is 64.2 Å². The second-order valence-corrected chi connectivity index (χ2v) is 5.32. The minimum atomic E-state index is -0.201. The zero-order chi connectivity index (χ0) is 14.4. The van der Waals surface area contributed by atoms with Crippen molar-refractivity contribution in [1.82, 2.24) is 0 Å². The molecular formula is C17H14O3. The first-order valence-electron chi connectivity index (χ1n) is 6.56. The highest BCUT2D eigenvalue weighted by molar-refractivity contribution is 6.29. The van der Waals surface area contributed by atoms with E-state index in [2.05, 4.69) is 0 Å². The molecule has 1 aliphatic carbocycles. The molecule has 2 aromatic carbocycles. The standard InChI is InChI=1S/C17H14O3/c1-9(2)13-7-10(18)8-14-15(13)17(20)12-6-4-3-5-11(12)16(14)19/h3-9,18H,1-2H3. The topological polar surface area (TPSA) is 54.4 Å². The Morgan fingerprint density at radius 3 is 2.10 bits per heavy atom. The van der Waals surface area contributed by atoms with Crippen LogP contribution in [0.2, 0.25) is 0 Å². The van der Waals surface area contributed by atoms with Gasteiger partial charge in [0.2, 0.25) is 0 Å². The van der Waals surface area contributed by atoms with Gasteiger partial charge in [0.05, 0.1) is 0 Å². The number of phenols is 1. The Balaban J connectivity index is 2.36. The number of phenolic OH excluding ortho intramolecular Hbond substituents is 1. The maximum Gasteiger partial charge on any atom is 0.194 e. The molecule has 1 aliphatic rings. The van der Waals surface area contributed by atoms with Crippen LogP contribution < -0.4 is 0 Å². The number of ketones is 2. The third-order valence-corrected chi connectivity index (χ3v) is 3.66. The van der Waals surface area contributed by atoms with Gasteiger partial charge in [0.15, 0.2) is 11.6 Å². The van der Waals surface area contributed by atoms with E-state index in [1.165, 1.54) is 6.07 Å². The number of rotatable bonds is 1. The van der Waals surface area contributed by atoms with E-state index in [-0.39, 0.29) is 23.2 Å². The summed E-state index contributed by atoms with van der Waals surface area (Å²) in [5.41, 5.74) is 2.30. The Morgan fingerprint density at radius 1 is 0.900 bits per heavy atom. The molecule has 0 fully saturated rings. The van der Waals surface area contributed by atoms with Crippen LogP contribution in [0.5, 0.6) is 5.75 Å². The van der Waals surface area contributed by atoms with Crippen LogP contribution >= 0.6 is 0 Å². The highest BCUT2D eigenvalue weighted by Gasteiger charge is 2.32. The lowest BCUT2D eigenvalue weighted by Gasteiger charge is -2.22. The largest absolute Gasteiger partial charge is 0.508 e. The molecule has 0 saturated carbocycles. The van der Waals surface area contributed by atoms with E-state index in [9.17, 15) is 14.7 Å². The van der Waals surface area contributed by atoms with Crippen LogP contribution in [0.1, 0.15) is 57.2 Å². The van der Waals surface area contributed by atoms with Crippen molar-refractivity contribution in [3.63, 3.8) is 0 Å². The average Bonchev–Trinajstić information content (AvgIpc) is 2.43. The fourth-order valence-electron chi connectivity index (χ4n) is 2.70. The molecule has 0 radical (unpaired) electrons. The Hall–Kier alpha value is -2.42. The highest BCUT2D eigenvalue weighted by atomic mass is 16.3. The van der Waals surface area contributed by atoms with Gasteiger partial charge in [-0.05, 0) is 23.6 Å². The maximum atomic E-state index is 12.7. The minimum absolute atomic E-state index is 0.0213. The van der Waals surface area contributed by atoms with Crippen LogP contribution in [0.15, 0.2) is 36.4 Å². The molecule has 0 unspecified atom stereocenters. The molecule has 2 aromatic rings. The van der Waals surface area contributed by atoms with Gasteiger partial charge in [-0.3, -0.25) is 9.59 Å². The molecule has 100 valence electrons. The van der Waals surface area contributed by atoms with E-state index in [1.54, 1.807) is 30.3 Å². The van der Waals surface area contributed by atoms with Crippen LogP contribution in [0.3, 0.4) is 0 Å². The zero-order valence-electron chi connectivity index (χ0n) is 11.3. The molecule has 0 bridgehead atoms. The van der Waals surface area contributed by atoms with E-state index in [0.29, 0.717) is 27.8 Å². The lowest BCUT2D eigenvalue weighted by atomic mass is 9.79. The fraction of sp³-hybridized carbons (Fsp3) is 0.176. The number of carbonyl (C=O) groups excluding carboxylic acids is 2. The quantitative estimate of drug-likeness (QED) is 0.735. The van der Waals surface area contributed by atoms with Gasteiger partial charge < -0.3 is 5.11 Å². The van der Waals surface area contributed by atoms with Crippen LogP contribution in [-0.2, 0) is 0 Å². The molecule has 0 aromatic heterocycles. The fourth-order valence-corrected chi connectivity index (χ4v) is 2.70. The monoisotopic (exact) mass is 266 g/mol. The normalized spacial score (nSPS) is 13.3. The van der Waals surface area contributed by atoms with E-state index >= 15 is 0 Å². The predicted molar refractivity (Wildman–Crippen MR) is 75.5 cm³/mol. The van der Waals surface area contributed by atoms with Crippen molar-refractivity contribution in [2.75, 3.05) is 0 Å².